The summed E-state index contributed by atoms with van der Waals surface area (Å²) < 4.78 is 0. The van der Waals surface area contributed by atoms with Crippen LogP contribution in [0, 0.1) is 17.3 Å². The molecule has 0 spiro atoms. The highest BCUT2D eigenvalue weighted by Gasteiger charge is 2.40. The second-order valence-electron chi connectivity index (χ2n) is 4.23. The summed E-state index contributed by atoms with van der Waals surface area (Å²) in [4.78, 5) is 0. The van der Waals surface area contributed by atoms with Crippen LogP contribution in [0.2, 0.25) is 0 Å². The standard InChI is InChI=1S/C9H19N/c1-7(6-10)9(2,3)8-4-5-8/h7-8H,4-6,10H2,1-3H3/t7-/m0/s1. The molecule has 1 rings (SSSR count). The summed E-state index contributed by atoms with van der Waals surface area (Å²) >= 11 is 0. The lowest BCUT2D eigenvalue weighted by molar-refractivity contribution is 0.197. The Kier molecular flexibility index (Phi) is 2.04. The van der Waals surface area contributed by atoms with Gasteiger partial charge in [-0.15, -0.1) is 0 Å². The summed E-state index contributed by atoms with van der Waals surface area (Å²) in [5, 5.41) is 0. The first kappa shape index (κ1) is 8.06. The molecule has 0 radical (unpaired) electrons. The van der Waals surface area contributed by atoms with Gasteiger partial charge in [-0.3, -0.25) is 0 Å². The Bertz CT molecular complexity index is 114. The summed E-state index contributed by atoms with van der Waals surface area (Å²) in [6, 6.07) is 0. The van der Waals surface area contributed by atoms with Gasteiger partial charge in [-0.05, 0) is 36.6 Å². The molecule has 0 saturated heterocycles. The van der Waals surface area contributed by atoms with E-state index < -0.39 is 0 Å². The van der Waals surface area contributed by atoms with Crippen molar-refractivity contribution < 1.29 is 0 Å². The van der Waals surface area contributed by atoms with E-state index in [9.17, 15) is 0 Å². The highest BCUT2D eigenvalue weighted by atomic mass is 14.6. The average Bonchev–Trinajstić information content (AvgIpc) is 2.66. The summed E-state index contributed by atoms with van der Waals surface area (Å²) in [5.41, 5.74) is 6.12. The Morgan fingerprint density at radius 3 is 2.30 bits per heavy atom. The molecule has 0 amide bonds. The van der Waals surface area contributed by atoms with Gasteiger partial charge < -0.3 is 5.73 Å². The molecule has 1 nitrogen and oxygen atoms in total. The Morgan fingerprint density at radius 2 is 2.00 bits per heavy atom. The minimum absolute atomic E-state index is 0.495. The molecule has 1 atom stereocenters. The maximum atomic E-state index is 5.62. The Morgan fingerprint density at radius 1 is 1.50 bits per heavy atom. The molecular weight excluding hydrogens is 122 g/mol. The molecule has 2 N–H and O–H groups in total. The van der Waals surface area contributed by atoms with Crippen LogP contribution in [0.25, 0.3) is 0 Å². The van der Waals surface area contributed by atoms with Gasteiger partial charge in [0.05, 0.1) is 0 Å². The molecule has 10 heavy (non-hydrogen) atoms. The van der Waals surface area contributed by atoms with Crippen LogP contribution in [0.5, 0.6) is 0 Å². The number of hydrogen-bond donors (Lipinski definition) is 1. The summed E-state index contributed by atoms with van der Waals surface area (Å²) in [7, 11) is 0. The van der Waals surface area contributed by atoms with E-state index in [0.717, 1.165) is 12.5 Å². The lowest BCUT2D eigenvalue weighted by Gasteiger charge is -2.30. The van der Waals surface area contributed by atoms with Crippen molar-refractivity contribution in [3.8, 4) is 0 Å². The Hall–Kier alpha value is -0.0400. The predicted octanol–water partition coefficient (Wildman–Crippen LogP) is 2.02. The van der Waals surface area contributed by atoms with Gasteiger partial charge in [-0.25, -0.2) is 0 Å². The van der Waals surface area contributed by atoms with Gasteiger partial charge in [0, 0.05) is 0 Å². The Labute approximate surface area is 64.0 Å². The van der Waals surface area contributed by atoms with Crippen LogP contribution in [-0.4, -0.2) is 6.54 Å². The summed E-state index contributed by atoms with van der Waals surface area (Å²) in [6.07, 6.45) is 2.86. The van der Waals surface area contributed by atoms with Crippen molar-refractivity contribution in [3.63, 3.8) is 0 Å². The van der Waals surface area contributed by atoms with E-state index in [2.05, 4.69) is 20.8 Å². The number of rotatable bonds is 3. The van der Waals surface area contributed by atoms with Gasteiger partial charge >= 0.3 is 0 Å². The third kappa shape index (κ3) is 1.34. The molecule has 0 aromatic heterocycles. The first-order valence-corrected chi connectivity index (χ1v) is 4.29. The molecule has 1 fully saturated rings. The van der Waals surface area contributed by atoms with E-state index in [4.69, 9.17) is 5.73 Å². The predicted molar refractivity (Wildman–Crippen MR) is 44.7 cm³/mol. The molecule has 60 valence electrons. The lowest BCUT2D eigenvalue weighted by Crippen LogP contribution is -2.29. The van der Waals surface area contributed by atoms with Gasteiger partial charge in [0.2, 0.25) is 0 Å². The van der Waals surface area contributed by atoms with Gasteiger partial charge in [-0.2, -0.15) is 0 Å². The highest BCUT2D eigenvalue weighted by Crippen LogP contribution is 2.49. The molecule has 0 aromatic rings. The van der Waals surface area contributed by atoms with Crippen LogP contribution < -0.4 is 5.73 Å². The van der Waals surface area contributed by atoms with Crippen LogP contribution in [0.4, 0.5) is 0 Å². The van der Waals surface area contributed by atoms with E-state index in [0.29, 0.717) is 11.3 Å². The maximum Gasteiger partial charge on any atom is -0.00463 e. The second-order valence-corrected chi connectivity index (χ2v) is 4.23. The zero-order valence-corrected chi connectivity index (χ0v) is 7.35. The zero-order valence-electron chi connectivity index (χ0n) is 7.35. The fourth-order valence-corrected chi connectivity index (χ4v) is 1.53. The smallest absolute Gasteiger partial charge is 0.00463 e. The summed E-state index contributed by atoms with van der Waals surface area (Å²) in [5.74, 6) is 1.64. The van der Waals surface area contributed by atoms with Crippen molar-refractivity contribution in [1.29, 1.82) is 0 Å². The second kappa shape index (κ2) is 2.54. The molecule has 1 aliphatic rings. The first-order chi connectivity index (χ1) is 4.59. The molecule has 1 saturated carbocycles. The third-order valence-electron chi connectivity index (χ3n) is 3.25. The SMILES string of the molecule is C[C@@H](CN)C(C)(C)C1CC1. The van der Waals surface area contributed by atoms with E-state index in [1.54, 1.807) is 0 Å². The summed E-state index contributed by atoms with van der Waals surface area (Å²) in [6.45, 7) is 7.80. The minimum Gasteiger partial charge on any atom is -0.330 e. The van der Waals surface area contributed by atoms with Crippen LogP contribution in [-0.2, 0) is 0 Å². The molecule has 0 unspecified atom stereocenters. The van der Waals surface area contributed by atoms with Crippen LogP contribution >= 0.6 is 0 Å². The monoisotopic (exact) mass is 141 g/mol. The molecule has 1 aliphatic carbocycles. The van der Waals surface area contributed by atoms with E-state index in [-0.39, 0.29) is 0 Å². The van der Waals surface area contributed by atoms with Gasteiger partial charge in [-0.1, -0.05) is 20.8 Å². The highest BCUT2D eigenvalue weighted by molar-refractivity contribution is 4.91. The van der Waals surface area contributed by atoms with Gasteiger partial charge in [0.1, 0.15) is 0 Å². The minimum atomic E-state index is 0.495. The van der Waals surface area contributed by atoms with Crippen molar-refractivity contribution in [2.75, 3.05) is 6.54 Å². The topological polar surface area (TPSA) is 26.0 Å². The van der Waals surface area contributed by atoms with Crippen LogP contribution in [0.1, 0.15) is 33.6 Å². The first-order valence-electron chi connectivity index (χ1n) is 4.29. The van der Waals surface area contributed by atoms with E-state index in [1.165, 1.54) is 12.8 Å². The third-order valence-corrected chi connectivity index (χ3v) is 3.25. The molecule has 0 bridgehead atoms. The molecular formula is C9H19N. The average molecular weight is 141 g/mol. The molecule has 0 aliphatic heterocycles. The van der Waals surface area contributed by atoms with Crippen molar-refractivity contribution >= 4 is 0 Å². The van der Waals surface area contributed by atoms with Crippen molar-refractivity contribution in [2.45, 2.75) is 33.6 Å². The molecule has 0 aromatic carbocycles. The largest absolute Gasteiger partial charge is 0.330 e. The lowest BCUT2D eigenvalue weighted by atomic mass is 9.76. The normalized spacial score (nSPS) is 22.8. The number of nitrogens with two attached hydrogens (primary N) is 1. The maximum absolute atomic E-state index is 5.62. The van der Waals surface area contributed by atoms with Crippen LogP contribution in [0.3, 0.4) is 0 Å². The van der Waals surface area contributed by atoms with E-state index >= 15 is 0 Å². The van der Waals surface area contributed by atoms with Crippen molar-refractivity contribution in [3.05, 3.63) is 0 Å². The van der Waals surface area contributed by atoms with Crippen LogP contribution in [0.15, 0.2) is 0 Å². The Balaban J connectivity index is 2.47. The van der Waals surface area contributed by atoms with Gasteiger partial charge in [0.25, 0.3) is 0 Å². The zero-order chi connectivity index (χ0) is 7.78. The fraction of sp³-hybridized carbons (Fsp3) is 1.00. The van der Waals surface area contributed by atoms with Crippen molar-refractivity contribution in [2.24, 2.45) is 23.0 Å². The molecule has 0 heterocycles. The van der Waals surface area contributed by atoms with Crippen molar-refractivity contribution in [1.82, 2.24) is 0 Å². The fourth-order valence-electron chi connectivity index (χ4n) is 1.53. The quantitative estimate of drug-likeness (QED) is 0.639. The molecule has 1 heteroatoms. The van der Waals surface area contributed by atoms with Gasteiger partial charge in [0.15, 0.2) is 0 Å². The van der Waals surface area contributed by atoms with E-state index in [1.807, 2.05) is 0 Å². The number of hydrogen-bond acceptors (Lipinski definition) is 1.